The van der Waals surface area contributed by atoms with Crippen LogP contribution in [0.15, 0.2) is 64.2 Å². The van der Waals surface area contributed by atoms with Crippen molar-refractivity contribution in [3.05, 3.63) is 70.2 Å². The minimum absolute atomic E-state index is 0.0160. The quantitative estimate of drug-likeness (QED) is 0.806. The van der Waals surface area contributed by atoms with E-state index in [1.807, 2.05) is 54.6 Å². The van der Waals surface area contributed by atoms with Gasteiger partial charge in [0, 0.05) is 17.8 Å². The van der Waals surface area contributed by atoms with Crippen LogP contribution in [0.5, 0.6) is 0 Å². The van der Waals surface area contributed by atoms with E-state index in [1.54, 1.807) is 11.9 Å². The molecule has 4 heteroatoms. The molecule has 0 radical (unpaired) electrons. The first kappa shape index (κ1) is 14.0. The second-order valence-electron chi connectivity index (χ2n) is 5.05. The Bertz CT molecular complexity index is 697. The lowest BCUT2D eigenvalue weighted by Crippen LogP contribution is -2.24. The van der Waals surface area contributed by atoms with Crippen LogP contribution < -0.4 is 0 Å². The minimum atomic E-state index is -0.0335. The van der Waals surface area contributed by atoms with Gasteiger partial charge in [0.2, 0.25) is 5.91 Å². The van der Waals surface area contributed by atoms with Gasteiger partial charge in [0.1, 0.15) is 0 Å². The minimum Gasteiger partial charge on any atom is -0.273 e. The van der Waals surface area contributed by atoms with Gasteiger partial charge < -0.3 is 0 Å². The SMILES string of the molecule is CC(=O)N1N=C(c2cccc(Br)c2)C[C@@H]1c1ccccc1. The van der Waals surface area contributed by atoms with Crippen LogP contribution in [0.4, 0.5) is 0 Å². The predicted octanol–water partition coefficient (Wildman–Crippen LogP) is 4.15. The zero-order chi connectivity index (χ0) is 14.8. The number of hydrazone groups is 1. The Kier molecular flexibility index (Phi) is 3.88. The van der Waals surface area contributed by atoms with Crippen LogP contribution in [-0.4, -0.2) is 16.6 Å². The zero-order valence-corrected chi connectivity index (χ0v) is 13.2. The van der Waals surface area contributed by atoms with Gasteiger partial charge in [-0.15, -0.1) is 0 Å². The van der Waals surface area contributed by atoms with Crippen molar-refractivity contribution in [2.75, 3.05) is 0 Å². The molecule has 0 saturated heterocycles. The number of hydrogen-bond acceptors (Lipinski definition) is 2. The summed E-state index contributed by atoms with van der Waals surface area (Å²) in [5.74, 6) is -0.0335. The van der Waals surface area contributed by atoms with E-state index in [0.29, 0.717) is 0 Å². The third-order valence-corrected chi connectivity index (χ3v) is 4.07. The van der Waals surface area contributed by atoms with Crippen LogP contribution in [0.2, 0.25) is 0 Å². The maximum atomic E-state index is 11.9. The van der Waals surface area contributed by atoms with Crippen LogP contribution in [0.25, 0.3) is 0 Å². The van der Waals surface area contributed by atoms with Gasteiger partial charge in [0.25, 0.3) is 0 Å². The van der Waals surface area contributed by atoms with E-state index < -0.39 is 0 Å². The summed E-state index contributed by atoms with van der Waals surface area (Å²) in [5, 5.41) is 6.13. The molecular formula is C17H15BrN2O. The molecule has 21 heavy (non-hydrogen) atoms. The predicted molar refractivity (Wildman–Crippen MR) is 87.0 cm³/mol. The zero-order valence-electron chi connectivity index (χ0n) is 11.7. The molecule has 1 atom stereocenters. The molecule has 0 fully saturated rings. The highest BCUT2D eigenvalue weighted by Crippen LogP contribution is 2.32. The van der Waals surface area contributed by atoms with Gasteiger partial charge >= 0.3 is 0 Å². The number of carbonyl (C=O) groups excluding carboxylic acids is 1. The maximum absolute atomic E-state index is 11.9. The van der Waals surface area contributed by atoms with Crippen molar-refractivity contribution in [2.24, 2.45) is 5.10 Å². The van der Waals surface area contributed by atoms with E-state index in [0.717, 1.165) is 27.7 Å². The summed E-state index contributed by atoms with van der Waals surface area (Å²) in [7, 11) is 0. The summed E-state index contributed by atoms with van der Waals surface area (Å²) in [5.41, 5.74) is 3.11. The first-order valence-electron chi connectivity index (χ1n) is 6.83. The molecule has 3 rings (SSSR count). The molecule has 1 aliphatic heterocycles. The molecule has 0 unspecified atom stereocenters. The molecule has 0 aliphatic carbocycles. The van der Waals surface area contributed by atoms with E-state index >= 15 is 0 Å². The van der Waals surface area contributed by atoms with Crippen molar-refractivity contribution in [2.45, 2.75) is 19.4 Å². The Labute approximate surface area is 132 Å². The largest absolute Gasteiger partial charge is 0.273 e. The summed E-state index contributed by atoms with van der Waals surface area (Å²) in [6.45, 7) is 1.56. The van der Waals surface area contributed by atoms with E-state index in [1.165, 1.54) is 0 Å². The highest BCUT2D eigenvalue weighted by molar-refractivity contribution is 9.10. The summed E-state index contributed by atoms with van der Waals surface area (Å²) in [6, 6.07) is 18.0. The molecule has 0 aromatic heterocycles. The first-order valence-corrected chi connectivity index (χ1v) is 7.62. The van der Waals surface area contributed by atoms with Crippen molar-refractivity contribution in [3.8, 4) is 0 Å². The molecule has 1 aliphatic rings. The smallest absolute Gasteiger partial charge is 0.240 e. The maximum Gasteiger partial charge on any atom is 0.240 e. The molecule has 0 bridgehead atoms. The van der Waals surface area contributed by atoms with Crippen molar-refractivity contribution in [1.29, 1.82) is 0 Å². The molecule has 106 valence electrons. The molecule has 0 N–H and O–H groups in total. The molecule has 2 aromatic carbocycles. The van der Waals surface area contributed by atoms with Crippen molar-refractivity contribution < 1.29 is 4.79 Å². The topological polar surface area (TPSA) is 32.7 Å². The fourth-order valence-electron chi connectivity index (χ4n) is 2.58. The van der Waals surface area contributed by atoms with Crippen LogP contribution in [-0.2, 0) is 4.79 Å². The molecule has 1 amide bonds. The molecule has 3 nitrogen and oxygen atoms in total. The van der Waals surface area contributed by atoms with Crippen LogP contribution in [0.1, 0.15) is 30.5 Å². The number of nitrogens with zero attached hydrogens (tertiary/aromatic N) is 2. The Balaban J connectivity index is 1.95. The Morgan fingerprint density at radius 1 is 1.19 bits per heavy atom. The average molecular weight is 343 g/mol. The van der Waals surface area contributed by atoms with E-state index in [4.69, 9.17) is 0 Å². The Morgan fingerprint density at radius 2 is 1.95 bits per heavy atom. The molecule has 1 heterocycles. The van der Waals surface area contributed by atoms with Gasteiger partial charge in [0.05, 0.1) is 11.8 Å². The van der Waals surface area contributed by atoms with Crippen LogP contribution in [0, 0.1) is 0 Å². The average Bonchev–Trinajstić information content (AvgIpc) is 2.93. The highest BCUT2D eigenvalue weighted by Gasteiger charge is 2.31. The second kappa shape index (κ2) is 5.82. The van der Waals surface area contributed by atoms with Crippen molar-refractivity contribution in [3.63, 3.8) is 0 Å². The summed E-state index contributed by atoms with van der Waals surface area (Å²) >= 11 is 3.48. The number of halogens is 1. The van der Waals surface area contributed by atoms with E-state index in [9.17, 15) is 4.79 Å². The number of hydrogen-bond donors (Lipinski definition) is 0. The summed E-state index contributed by atoms with van der Waals surface area (Å²) in [6.07, 6.45) is 0.736. The van der Waals surface area contributed by atoms with Crippen molar-refractivity contribution >= 4 is 27.5 Å². The van der Waals surface area contributed by atoms with Gasteiger partial charge in [-0.05, 0) is 23.3 Å². The number of benzene rings is 2. The lowest BCUT2D eigenvalue weighted by molar-refractivity contribution is -0.130. The highest BCUT2D eigenvalue weighted by atomic mass is 79.9. The molecule has 0 spiro atoms. The second-order valence-corrected chi connectivity index (χ2v) is 5.97. The summed E-state index contributed by atoms with van der Waals surface area (Å²) < 4.78 is 1.01. The van der Waals surface area contributed by atoms with Gasteiger partial charge in [-0.2, -0.15) is 5.10 Å². The molecule has 2 aromatic rings. The van der Waals surface area contributed by atoms with Gasteiger partial charge in [-0.25, -0.2) is 5.01 Å². The monoisotopic (exact) mass is 342 g/mol. The van der Waals surface area contributed by atoms with E-state index in [2.05, 4.69) is 21.0 Å². The summed E-state index contributed by atoms with van der Waals surface area (Å²) in [4.78, 5) is 11.9. The molecule has 0 saturated carbocycles. The fourth-order valence-corrected chi connectivity index (χ4v) is 2.98. The lowest BCUT2D eigenvalue weighted by Gasteiger charge is -2.20. The molecular weight excluding hydrogens is 328 g/mol. The van der Waals surface area contributed by atoms with E-state index in [-0.39, 0.29) is 11.9 Å². The standard InChI is InChI=1S/C17H15BrN2O/c1-12(21)20-17(13-6-3-2-4-7-13)11-16(19-20)14-8-5-9-15(18)10-14/h2-10,17H,11H2,1H3/t17-/m1/s1. The van der Waals surface area contributed by atoms with Crippen LogP contribution in [0.3, 0.4) is 0 Å². The number of rotatable bonds is 2. The van der Waals surface area contributed by atoms with Gasteiger partial charge in [0.15, 0.2) is 0 Å². The van der Waals surface area contributed by atoms with Gasteiger partial charge in [-0.1, -0.05) is 58.4 Å². The van der Waals surface area contributed by atoms with Crippen molar-refractivity contribution in [1.82, 2.24) is 5.01 Å². The third-order valence-electron chi connectivity index (χ3n) is 3.58. The lowest BCUT2D eigenvalue weighted by atomic mass is 9.98. The number of carbonyl (C=O) groups is 1. The number of amides is 1. The normalized spacial score (nSPS) is 17.7. The fraction of sp³-hybridized carbons (Fsp3) is 0.176. The van der Waals surface area contributed by atoms with Gasteiger partial charge in [-0.3, -0.25) is 4.79 Å². The Hall–Kier alpha value is -1.94. The Morgan fingerprint density at radius 3 is 2.62 bits per heavy atom. The third kappa shape index (κ3) is 2.90. The van der Waals surface area contributed by atoms with Crippen LogP contribution >= 0.6 is 15.9 Å². The first-order chi connectivity index (χ1) is 10.1.